The molecule has 0 radical (unpaired) electrons. The van der Waals surface area contributed by atoms with Crippen molar-refractivity contribution in [3.05, 3.63) is 0 Å². The van der Waals surface area contributed by atoms with E-state index in [1.54, 1.807) is 0 Å². The third-order valence-electron chi connectivity index (χ3n) is 1.14. The van der Waals surface area contributed by atoms with E-state index in [9.17, 15) is 0 Å². The average Bonchev–Trinajstić information content (AvgIpc) is 1.97. The highest BCUT2D eigenvalue weighted by atomic mass is 14.5. The standard InChI is InChI=1S/C8H16N2/c9-7-5-3-1-2-4-6-8-10/h3-10H2. The zero-order valence-corrected chi connectivity index (χ0v) is 6.40. The van der Waals surface area contributed by atoms with E-state index < -0.39 is 0 Å². The van der Waals surface area contributed by atoms with Gasteiger partial charge in [0.15, 0.2) is 0 Å². The molecular weight excluding hydrogens is 124 g/mol. The van der Waals surface area contributed by atoms with Crippen LogP contribution < -0.4 is 11.5 Å². The second kappa shape index (κ2) is 8.48. The van der Waals surface area contributed by atoms with Crippen LogP contribution in [0.15, 0.2) is 0 Å². The molecule has 4 N–H and O–H groups in total. The first-order valence-electron chi connectivity index (χ1n) is 3.77. The molecule has 0 unspecified atom stereocenters. The lowest BCUT2D eigenvalue weighted by Gasteiger charge is -1.85. The van der Waals surface area contributed by atoms with Crippen molar-refractivity contribution in [3.8, 4) is 11.8 Å². The first-order valence-corrected chi connectivity index (χ1v) is 3.77. The van der Waals surface area contributed by atoms with Gasteiger partial charge in [-0.05, 0) is 25.9 Å². The number of hydrogen-bond donors (Lipinski definition) is 2. The molecule has 0 heterocycles. The van der Waals surface area contributed by atoms with Crippen LogP contribution in [0.5, 0.6) is 0 Å². The van der Waals surface area contributed by atoms with E-state index in [0.717, 1.165) is 38.8 Å². The van der Waals surface area contributed by atoms with Gasteiger partial charge < -0.3 is 11.5 Å². The van der Waals surface area contributed by atoms with Crippen molar-refractivity contribution in [1.82, 2.24) is 0 Å². The summed E-state index contributed by atoms with van der Waals surface area (Å²) in [7, 11) is 0. The SMILES string of the molecule is NCCCC#CCCCN. The fourth-order valence-corrected chi connectivity index (χ4v) is 0.558. The fraction of sp³-hybridized carbons (Fsp3) is 0.750. The molecule has 0 aliphatic rings. The van der Waals surface area contributed by atoms with Crippen molar-refractivity contribution in [3.63, 3.8) is 0 Å². The summed E-state index contributed by atoms with van der Waals surface area (Å²) in [5.74, 6) is 6.07. The molecule has 0 aliphatic carbocycles. The predicted molar refractivity (Wildman–Crippen MR) is 44.4 cm³/mol. The van der Waals surface area contributed by atoms with Crippen LogP contribution in [0.25, 0.3) is 0 Å². The maximum absolute atomic E-state index is 5.28. The molecule has 0 atom stereocenters. The largest absolute Gasteiger partial charge is 0.330 e. The van der Waals surface area contributed by atoms with Gasteiger partial charge in [-0.15, -0.1) is 11.8 Å². The molecule has 0 amide bonds. The Morgan fingerprint density at radius 1 is 0.800 bits per heavy atom. The first kappa shape index (κ1) is 9.48. The van der Waals surface area contributed by atoms with E-state index in [1.807, 2.05) is 0 Å². The van der Waals surface area contributed by atoms with Gasteiger partial charge in [0.1, 0.15) is 0 Å². The van der Waals surface area contributed by atoms with Crippen LogP contribution in [0.4, 0.5) is 0 Å². The van der Waals surface area contributed by atoms with Gasteiger partial charge in [0.2, 0.25) is 0 Å². The Kier molecular flexibility index (Phi) is 8.04. The zero-order valence-electron chi connectivity index (χ0n) is 6.40. The second-order valence-corrected chi connectivity index (χ2v) is 2.14. The summed E-state index contributed by atoms with van der Waals surface area (Å²) in [6, 6.07) is 0. The Hall–Kier alpha value is -0.520. The van der Waals surface area contributed by atoms with Crippen molar-refractivity contribution in [2.75, 3.05) is 13.1 Å². The molecule has 0 fully saturated rings. The summed E-state index contributed by atoms with van der Waals surface area (Å²) >= 11 is 0. The molecule has 0 aliphatic heterocycles. The van der Waals surface area contributed by atoms with E-state index in [2.05, 4.69) is 11.8 Å². The van der Waals surface area contributed by atoms with Crippen molar-refractivity contribution >= 4 is 0 Å². The minimum absolute atomic E-state index is 0.742. The lowest BCUT2D eigenvalue weighted by molar-refractivity contribution is 0.856. The maximum atomic E-state index is 5.28. The van der Waals surface area contributed by atoms with E-state index in [4.69, 9.17) is 11.5 Å². The third kappa shape index (κ3) is 7.48. The Bertz CT molecular complexity index is 98.2. The topological polar surface area (TPSA) is 52.0 Å². The third-order valence-corrected chi connectivity index (χ3v) is 1.14. The summed E-state index contributed by atoms with van der Waals surface area (Å²) in [6.07, 6.45) is 3.88. The average molecular weight is 140 g/mol. The quantitative estimate of drug-likeness (QED) is 0.440. The van der Waals surface area contributed by atoms with Crippen molar-refractivity contribution in [1.29, 1.82) is 0 Å². The van der Waals surface area contributed by atoms with E-state index in [0.29, 0.717) is 0 Å². The summed E-state index contributed by atoms with van der Waals surface area (Å²) in [4.78, 5) is 0. The number of hydrogen-bond acceptors (Lipinski definition) is 2. The lowest BCUT2D eigenvalue weighted by Crippen LogP contribution is -1.97. The summed E-state index contributed by atoms with van der Waals surface area (Å²) in [6.45, 7) is 1.48. The van der Waals surface area contributed by atoms with Crippen LogP contribution in [0.1, 0.15) is 25.7 Å². The van der Waals surface area contributed by atoms with Gasteiger partial charge in [-0.2, -0.15) is 0 Å². The van der Waals surface area contributed by atoms with Crippen LogP contribution in [-0.2, 0) is 0 Å². The summed E-state index contributed by atoms with van der Waals surface area (Å²) in [5.41, 5.74) is 10.6. The first-order chi connectivity index (χ1) is 4.91. The predicted octanol–water partition coefficient (Wildman–Crippen LogP) is 0.468. The van der Waals surface area contributed by atoms with Gasteiger partial charge in [0.05, 0.1) is 0 Å². The highest BCUT2D eigenvalue weighted by Crippen LogP contribution is 1.85. The van der Waals surface area contributed by atoms with Gasteiger partial charge in [-0.3, -0.25) is 0 Å². The van der Waals surface area contributed by atoms with Gasteiger partial charge >= 0.3 is 0 Å². The Labute approximate surface area is 63.0 Å². The molecule has 58 valence electrons. The maximum Gasteiger partial charge on any atom is 0.0101 e. The molecule has 0 saturated carbocycles. The highest BCUT2D eigenvalue weighted by molar-refractivity contribution is 4.98. The Morgan fingerprint density at radius 2 is 1.20 bits per heavy atom. The fourth-order valence-electron chi connectivity index (χ4n) is 0.558. The molecule has 0 aromatic rings. The molecule has 0 aromatic heterocycles. The summed E-state index contributed by atoms with van der Waals surface area (Å²) in [5, 5.41) is 0. The van der Waals surface area contributed by atoms with Crippen molar-refractivity contribution in [2.45, 2.75) is 25.7 Å². The van der Waals surface area contributed by atoms with Gasteiger partial charge in [-0.1, -0.05) is 0 Å². The molecule has 2 heteroatoms. The van der Waals surface area contributed by atoms with Crippen LogP contribution in [-0.4, -0.2) is 13.1 Å². The van der Waals surface area contributed by atoms with Crippen LogP contribution in [0, 0.1) is 11.8 Å². The minimum Gasteiger partial charge on any atom is -0.330 e. The normalized spacial score (nSPS) is 8.60. The Balaban J connectivity index is 2.98. The molecule has 2 nitrogen and oxygen atoms in total. The van der Waals surface area contributed by atoms with Gasteiger partial charge in [-0.25, -0.2) is 0 Å². The number of rotatable bonds is 4. The van der Waals surface area contributed by atoms with Crippen LogP contribution >= 0.6 is 0 Å². The Morgan fingerprint density at radius 3 is 1.50 bits per heavy atom. The molecule has 0 aromatic carbocycles. The van der Waals surface area contributed by atoms with Crippen LogP contribution in [0.3, 0.4) is 0 Å². The highest BCUT2D eigenvalue weighted by Gasteiger charge is 1.77. The molecule has 10 heavy (non-hydrogen) atoms. The lowest BCUT2D eigenvalue weighted by atomic mass is 10.3. The summed E-state index contributed by atoms with van der Waals surface area (Å²) < 4.78 is 0. The number of nitrogens with two attached hydrogens (primary N) is 2. The van der Waals surface area contributed by atoms with Gasteiger partial charge in [0, 0.05) is 12.8 Å². The van der Waals surface area contributed by atoms with Crippen LogP contribution in [0.2, 0.25) is 0 Å². The molecule has 0 spiro atoms. The molecule has 0 bridgehead atoms. The van der Waals surface area contributed by atoms with E-state index in [-0.39, 0.29) is 0 Å². The van der Waals surface area contributed by atoms with E-state index >= 15 is 0 Å². The minimum atomic E-state index is 0.742. The second-order valence-electron chi connectivity index (χ2n) is 2.14. The van der Waals surface area contributed by atoms with Crippen molar-refractivity contribution in [2.24, 2.45) is 11.5 Å². The van der Waals surface area contributed by atoms with E-state index in [1.165, 1.54) is 0 Å². The van der Waals surface area contributed by atoms with Crippen molar-refractivity contribution < 1.29 is 0 Å². The van der Waals surface area contributed by atoms with Gasteiger partial charge in [0.25, 0.3) is 0 Å². The molecule has 0 rings (SSSR count). The molecule has 0 saturated heterocycles. The number of unbranched alkanes of at least 4 members (excludes halogenated alkanes) is 2. The smallest absolute Gasteiger partial charge is 0.0101 e. The molecular formula is C8H16N2. The monoisotopic (exact) mass is 140 g/mol. The zero-order chi connectivity index (χ0) is 7.66.